The van der Waals surface area contributed by atoms with E-state index < -0.39 is 6.10 Å². The number of thiophene rings is 1. The monoisotopic (exact) mass is 479 g/mol. The molecule has 7 heteroatoms. The van der Waals surface area contributed by atoms with E-state index in [-0.39, 0.29) is 18.7 Å². The quantitative estimate of drug-likeness (QED) is 0.432. The van der Waals surface area contributed by atoms with E-state index in [0.717, 1.165) is 41.3 Å². The van der Waals surface area contributed by atoms with Gasteiger partial charge in [0.05, 0.1) is 29.8 Å². The van der Waals surface area contributed by atoms with E-state index in [2.05, 4.69) is 11.0 Å². The molecule has 0 bridgehead atoms. The van der Waals surface area contributed by atoms with E-state index in [1.807, 2.05) is 44.2 Å². The van der Waals surface area contributed by atoms with Crippen LogP contribution in [0.2, 0.25) is 4.34 Å². The molecule has 3 rings (SSSR count). The molecule has 176 valence electrons. The van der Waals surface area contributed by atoms with Crippen LogP contribution in [0.3, 0.4) is 0 Å². The van der Waals surface area contributed by atoms with Crippen LogP contribution in [-0.2, 0) is 27.1 Å². The standard InChI is InChI=1S/C25H34ClNO4S/c1-3-30-25(29)13-10-19-7-4-5-9-23(19)18(2)31-17-21(28)16-27-14-6-8-20(27)15-22-11-12-24(26)32-22/h4-5,7,9,11-12,18,20-21,28H,3,6,8,10,13-17H2,1-2H3/t18-,20+,21-/m1/s1. The molecule has 0 radical (unpaired) electrons. The summed E-state index contributed by atoms with van der Waals surface area (Å²) in [5.74, 6) is -0.184. The van der Waals surface area contributed by atoms with Gasteiger partial charge in [-0.05, 0) is 69.3 Å². The van der Waals surface area contributed by atoms with Gasteiger partial charge < -0.3 is 14.6 Å². The first-order valence-corrected chi connectivity index (χ1v) is 12.7. The molecular weight excluding hydrogens is 446 g/mol. The molecule has 1 aliphatic rings. The van der Waals surface area contributed by atoms with Crippen molar-refractivity contribution < 1.29 is 19.4 Å². The highest BCUT2D eigenvalue weighted by atomic mass is 35.5. The van der Waals surface area contributed by atoms with Gasteiger partial charge in [0.25, 0.3) is 0 Å². The van der Waals surface area contributed by atoms with E-state index in [0.29, 0.717) is 32.0 Å². The van der Waals surface area contributed by atoms with Crippen molar-refractivity contribution in [3.05, 3.63) is 56.7 Å². The van der Waals surface area contributed by atoms with Crippen molar-refractivity contribution in [1.29, 1.82) is 0 Å². The minimum absolute atomic E-state index is 0.161. The third-order valence-corrected chi connectivity index (χ3v) is 7.20. The molecule has 0 amide bonds. The van der Waals surface area contributed by atoms with Gasteiger partial charge in [0.15, 0.2) is 0 Å². The maximum absolute atomic E-state index is 11.7. The van der Waals surface area contributed by atoms with E-state index in [1.54, 1.807) is 11.3 Å². The second-order valence-electron chi connectivity index (χ2n) is 8.33. The highest BCUT2D eigenvalue weighted by molar-refractivity contribution is 7.16. The van der Waals surface area contributed by atoms with E-state index in [9.17, 15) is 9.90 Å². The summed E-state index contributed by atoms with van der Waals surface area (Å²) in [6.45, 7) is 6.11. The van der Waals surface area contributed by atoms with Crippen molar-refractivity contribution in [3.8, 4) is 0 Å². The Labute approximate surface area is 200 Å². The zero-order chi connectivity index (χ0) is 22.9. The van der Waals surface area contributed by atoms with Gasteiger partial charge in [-0.2, -0.15) is 0 Å². The number of rotatable bonds is 12. The summed E-state index contributed by atoms with van der Waals surface area (Å²) in [5, 5.41) is 10.7. The molecule has 0 saturated carbocycles. The van der Waals surface area contributed by atoms with E-state index >= 15 is 0 Å². The molecule has 1 saturated heterocycles. The lowest BCUT2D eigenvalue weighted by molar-refractivity contribution is -0.143. The molecule has 1 aliphatic heterocycles. The molecule has 3 atom stereocenters. The van der Waals surface area contributed by atoms with Crippen LogP contribution in [0.15, 0.2) is 36.4 Å². The number of likely N-dealkylation sites (tertiary alicyclic amines) is 1. The Kier molecular flexibility index (Phi) is 10.0. The molecule has 1 N–H and O–H groups in total. The summed E-state index contributed by atoms with van der Waals surface area (Å²) in [5.41, 5.74) is 2.13. The fourth-order valence-corrected chi connectivity index (χ4v) is 5.52. The number of nitrogens with zero attached hydrogens (tertiary/aromatic N) is 1. The number of ether oxygens (including phenoxy) is 2. The van der Waals surface area contributed by atoms with Gasteiger partial charge in [-0.25, -0.2) is 0 Å². The smallest absolute Gasteiger partial charge is 0.306 e. The van der Waals surface area contributed by atoms with Crippen LogP contribution in [0.4, 0.5) is 0 Å². The number of carbonyl (C=O) groups excluding carboxylic acids is 1. The summed E-state index contributed by atoms with van der Waals surface area (Å²) in [6.07, 6.45) is 3.55. The van der Waals surface area contributed by atoms with Crippen LogP contribution in [-0.4, -0.2) is 54.4 Å². The fraction of sp³-hybridized carbons (Fsp3) is 0.560. The Morgan fingerprint density at radius 1 is 1.31 bits per heavy atom. The lowest BCUT2D eigenvalue weighted by atomic mass is 9.99. The predicted molar refractivity (Wildman–Crippen MR) is 129 cm³/mol. The number of hydrogen-bond acceptors (Lipinski definition) is 6. The first kappa shape index (κ1) is 25.2. The van der Waals surface area contributed by atoms with Crippen molar-refractivity contribution in [3.63, 3.8) is 0 Å². The van der Waals surface area contributed by atoms with Gasteiger partial charge in [0.2, 0.25) is 0 Å². The van der Waals surface area contributed by atoms with Gasteiger partial charge in [0, 0.05) is 23.9 Å². The molecule has 2 heterocycles. The Morgan fingerprint density at radius 2 is 2.12 bits per heavy atom. The van der Waals surface area contributed by atoms with Crippen molar-refractivity contribution in [2.24, 2.45) is 0 Å². The second kappa shape index (κ2) is 12.7. The molecule has 5 nitrogen and oxygen atoms in total. The third-order valence-electron chi connectivity index (χ3n) is 5.95. The maximum Gasteiger partial charge on any atom is 0.306 e. The van der Waals surface area contributed by atoms with Crippen LogP contribution in [0.25, 0.3) is 0 Å². The van der Waals surface area contributed by atoms with Gasteiger partial charge in [-0.3, -0.25) is 9.69 Å². The Morgan fingerprint density at radius 3 is 2.88 bits per heavy atom. The number of aliphatic hydroxyl groups is 1. The Hall–Kier alpha value is -1.44. The zero-order valence-corrected chi connectivity index (χ0v) is 20.5. The number of aryl methyl sites for hydroxylation is 1. The molecule has 32 heavy (non-hydrogen) atoms. The van der Waals surface area contributed by atoms with Gasteiger partial charge >= 0.3 is 5.97 Å². The number of carbonyl (C=O) groups is 1. The first-order chi connectivity index (χ1) is 15.5. The van der Waals surface area contributed by atoms with Crippen LogP contribution >= 0.6 is 22.9 Å². The van der Waals surface area contributed by atoms with Crippen molar-refractivity contribution in [2.75, 3.05) is 26.3 Å². The highest BCUT2D eigenvalue weighted by Gasteiger charge is 2.27. The normalized spacial score (nSPS) is 18.6. The molecule has 0 aliphatic carbocycles. The topological polar surface area (TPSA) is 59.0 Å². The van der Waals surface area contributed by atoms with Crippen molar-refractivity contribution in [1.82, 2.24) is 4.90 Å². The summed E-state index contributed by atoms with van der Waals surface area (Å²) in [4.78, 5) is 15.4. The van der Waals surface area contributed by atoms with Gasteiger partial charge in [-0.1, -0.05) is 35.9 Å². The molecule has 0 spiro atoms. The van der Waals surface area contributed by atoms with E-state index in [4.69, 9.17) is 21.1 Å². The van der Waals surface area contributed by atoms with E-state index in [1.165, 1.54) is 4.88 Å². The predicted octanol–water partition coefficient (Wildman–Crippen LogP) is 5.04. The largest absolute Gasteiger partial charge is 0.466 e. The van der Waals surface area contributed by atoms with Crippen LogP contribution in [0, 0.1) is 0 Å². The number of halogens is 1. The minimum Gasteiger partial charge on any atom is -0.466 e. The molecule has 1 fully saturated rings. The lowest BCUT2D eigenvalue weighted by Gasteiger charge is -2.27. The molecule has 1 aromatic carbocycles. The Bertz CT molecular complexity index is 858. The summed E-state index contributed by atoms with van der Waals surface area (Å²) >= 11 is 7.71. The number of aliphatic hydroxyl groups excluding tert-OH is 1. The SMILES string of the molecule is CCOC(=O)CCc1ccccc1[C@@H](C)OC[C@H](O)CN1CCC[C@H]1Cc1ccc(Cl)s1. The van der Waals surface area contributed by atoms with Gasteiger partial charge in [-0.15, -0.1) is 11.3 Å². The third kappa shape index (κ3) is 7.56. The summed E-state index contributed by atoms with van der Waals surface area (Å²) in [6, 6.07) is 12.5. The second-order valence-corrected chi connectivity index (χ2v) is 10.1. The zero-order valence-electron chi connectivity index (χ0n) is 19.0. The average molecular weight is 480 g/mol. The van der Waals surface area contributed by atoms with Crippen LogP contribution < -0.4 is 0 Å². The van der Waals surface area contributed by atoms with Crippen molar-refractivity contribution in [2.45, 2.75) is 64.2 Å². The summed E-state index contributed by atoms with van der Waals surface area (Å²) in [7, 11) is 0. The highest BCUT2D eigenvalue weighted by Crippen LogP contribution is 2.28. The molecule has 2 aromatic rings. The maximum atomic E-state index is 11.7. The number of benzene rings is 1. The minimum atomic E-state index is -0.545. The molecule has 1 aromatic heterocycles. The Balaban J connectivity index is 1.48. The fourth-order valence-electron chi connectivity index (χ4n) is 4.36. The van der Waals surface area contributed by atoms with Crippen LogP contribution in [0.5, 0.6) is 0 Å². The molecular formula is C25H34ClNO4S. The van der Waals surface area contributed by atoms with Gasteiger partial charge in [0.1, 0.15) is 0 Å². The molecule has 0 unspecified atom stereocenters. The number of esters is 1. The lowest BCUT2D eigenvalue weighted by Crippen LogP contribution is -2.39. The number of hydrogen-bond donors (Lipinski definition) is 1. The van der Waals surface area contributed by atoms with Crippen molar-refractivity contribution >= 4 is 28.9 Å². The summed E-state index contributed by atoms with van der Waals surface area (Å²) < 4.78 is 11.9. The van der Waals surface area contributed by atoms with Crippen LogP contribution in [0.1, 0.15) is 55.2 Å². The first-order valence-electron chi connectivity index (χ1n) is 11.5. The average Bonchev–Trinajstić information content (AvgIpc) is 3.39. The number of β-amino-alcohol motifs (C(OH)–C–C–N with tert-alkyl or cyclic N) is 1.